The molecular weight excluding hydrogens is 389 g/mol. The van der Waals surface area contributed by atoms with Crippen LogP contribution >= 0.6 is 23.2 Å². The van der Waals surface area contributed by atoms with Crippen LogP contribution in [0, 0.1) is 0 Å². The van der Waals surface area contributed by atoms with Crippen LogP contribution in [0.25, 0.3) is 27.5 Å². The Bertz CT molecular complexity index is 1290. The number of halogens is 2. The molecule has 0 spiro atoms. The number of nitrogens with zero attached hydrogens (tertiary/aromatic N) is 3. The maximum absolute atomic E-state index is 13.0. The van der Waals surface area contributed by atoms with Crippen molar-refractivity contribution < 1.29 is 5.11 Å². The van der Waals surface area contributed by atoms with Gasteiger partial charge in [-0.3, -0.25) is 14.2 Å². The summed E-state index contributed by atoms with van der Waals surface area (Å²) in [7, 11) is 0. The first-order valence-corrected chi connectivity index (χ1v) is 8.86. The van der Waals surface area contributed by atoms with E-state index in [9.17, 15) is 9.59 Å². The maximum atomic E-state index is 13.0. The van der Waals surface area contributed by atoms with Crippen molar-refractivity contribution in [2.75, 3.05) is 6.61 Å². The molecule has 3 aromatic heterocycles. The van der Waals surface area contributed by atoms with Crippen LogP contribution in [0.15, 0.2) is 58.4 Å². The van der Waals surface area contributed by atoms with Gasteiger partial charge in [0.25, 0.3) is 11.1 Å². The molecule has 0 amide bonds. The summed E-state index contributed by atoms with van der Waals surface area (Å²) in [6.45, 7) is 0.0155. The number of hydrogen-bond acceptors (Lipinski definition) is 4. The van der Waals surface area contributed by atoms with Crippen molar-refractivity contribution in [3.8, 4) is 5.69 Å². The predicted molar refractivity (Wildman–Crippen MR) is 106 cm³/mol. The topological polar surface area (TPSA) is 77.1 Å². The molecule has 4 aromatic rings. The summed E-state index contributed by atoms with van der Waals surface area (Å²) in [4.78, 5) is 30.0. The zero-order valence-electron chi connectivity index (χ0n) is 13.9. The summed E-state index contributed by atoms with van der Waals surface area (Å²) >= 11 is 12.1. The highest BCUT2D eigenvalue weighted by Crippen LogP contribution is 2.22. The Balaban J connectivity index is 2.01. The first kappa shape index (κ1) is 17.7. The zero-order valence-corrected chi connectivity index (χ0v) is 15.4. The Morgan fingerprint density at radius 2 is 1.52 bits per heavy atom. The minimum atomic E-state index is -0.336. The van der Waals surface area contributed by atoms with Gasteiger partial charge in [-0.1, -0.05) is 23.2 Å². The Labute approximate surface area is 162 Å². The largest absolute Gasteiger partial charge is 0.395 e. The summed E-state index contributed by atoms with van der Waals surface area (Å²) in [5.41, 5.74) is 0.847. The first-order chi connectivity index (χ1) is 13.0. The highest BCUT2D eigenvalue weighted by atomic mass is 35.5. The highest BCUT2D eigenvalue weighted by Gasteiger charge is 2.11. The Kier molecular flexibility index (Phi) is 4.47. The molecule has 136 valence electrons. The molecule has 0 aliphatic rings. The van der Waals surface area contributed by atoms with Gasteiger partial charge >= 0.3 is 0 Å². The Morgan fingerprint density at radius 3 is 2.19 bits per heavy atom. The summed E-state index contributed by atoms with van der Waals surface area (Å²) < 4.78 is 2.79. The SMILES string of the molecule is O=c1c2cc3c(=O)n(-c4cc(Cl)cc(Cl)c4)ccc3nc2ccn1CCO. The van der Waals surface area contributed by atoms with E-state index in [-0.39, 0.29) is 24.3 Å². The fourth-order valence-electron chi connectivity index (χ4n) is 3.03. The average Bonchev–Trinajstić information content (AvgIpc) is 2.63. The predicted octanol–water partition coefficient (Wildman–Crippen LogP) is 3.00. The molecule has 0 saturated heterocycles. The summed E-state index contributed by atoms with van der Waals surface area (Å²) in [5, 5.41) is 10.5. The molecule has 0 radical (unpaired) electrons. The molecule has 0 saturated carbocycles. The molecule has 0 fully saturated rings. The minimum Gasteiger partial charge on any atom is -0.395 e. The lowest BCUT2D eigenvalue weighted by molar-refractivity contribution is 0.274. The van der Waals surface area contributed by atoms with E-state index < -0.39 is 0 Å². The van der Waals surface area contributed by atoms with Crippen molar-refractivity contribution in [3.63, 3.8) is 0 Å². The molecule has 0 atom stereocenters. The second-order valence-corrected chi connectivity index (χ2v) is 6.88. The molecule has 8 heteroatoms. The molecule has 27 heavy (non-hydrogen) atoms. The normalized spacial score (nSPS) is 11.4. The van der Waals surface area contributed by atoms with Crippen molar-refractivity contribution in [2.24, 2.45) is 0 Å². The average molecular weight is 402 g/mol. The lowest BCUT2D eigenvalue weighted by atomic mass is 10.2. The van der Waals surface area contributed by atoms with Crippen LogP contribution in [0.1, 0.15) is 0 Å². The van der Waals surface area contributed by atoms with Crippen LogP contribution in [0.2, 0.25) is 10.0 Å². The minimum absolute atomic E-state index is 0.158. The van der Waals surface area contributed by atoms with E-state index in [1.54, 1.807) is 48.8 Å². The number of benzene rings is 1. The number of aliphatic hydroxyl groups is 1. The third-order valence-electron chi connectivity index (χ3n) is 4.28. The number of rotatable bonds is 3. The zero-order chi connectivity index (χ0) is 19.1. The number of fused-ring (bicyclic) bond motifs is 2. The van der Waals surface area contributed by atoms with Gasteiger partial charge in [-0.05, 0) is 36.4 Å². The molecule has 0 unspecified atom stereocenters. The summed E-state index contributed by atoms with van der Waals surface area (Å²) in [6, 6.07) is 9.77. The van der Waals surface area contributed by atoms with Gasteiger partial charge in [0.15, 0.2) is 0 Å². The molecule has 1 N–H and O–H groups in total. The van der Waals surface area contributed by atoms with Crippen LogP contribution in [-0.2, 0) is 6.54 Å². The van der Waals surface area contributed by atoms with E-state index >= 15 is 0 Å². The third-order valence-corrected chi connectivity index (χ3v) is 4.72. The first-order valence-electron chi connectivity index (χ1n) is 8.11. The van der Waals surface area contributed by atoms with E-state index in [1.807, 2.05) is 0 Å². The van der Waals surface area contributed by atoms with Crippen molar-refractivity contribution in [3.05, 3.63) is 79.5 Å². The number of aliphatic hydroxyl groups excluding tert-OH is 1. The van der Waals surface area contributed by atoms with Crippen LogP contribution in [-0.4, -0.2) is 25.8 Å². The molecule has 0 aliphatic heterocycles. The van der Waals surface area contributed by atoms with Gasteiger partial charge in [0.05, 0.1) is 34.1 Å². The van der Waals surface area contributed by atoms with Crippen molar-refractivity contribution in [2.45, 2.75) is 6.54 Å². The van der Waals surface area contributed by atoms with Gasteiger partial charge in [0.1, 0.15) is 0 Å². The van der Waals surface area contributed by atoms with Crippen LogP contribution in [0.4, 0.5) is 0 Å². The maximum Gasteiger partial charge on any atom is 0.264 e. The van der Waals surface area contributed by atoms with Crippen LogP contribution < -0.4 is 11.1 Å². The van der Waals surface area contributed by atoms with Crippen molar-refractivity contribution in [1.82, 2.24) is 14.1 Å². The van der Waals surface area contributed by atoms with Gasteiger partial charge in [-0.15, -0.1) is 0 Å². The van der Waals surface area contributed by atoms with E-state index in [1.165, 1.54) is 9.13 Å². The lowest BCUT2D eigenvalue weighted by Gasteiger charge is -2.10. The molecule has 6 nitrogen and oxygen atoms in total. The van der Waals surface area contributed by atoms with Crippen LogP contribution in [0.3, 0.4) is 0 Å². The van der Waals surface area contributed by atoms with Gasteiger partial charge in [0, 0.05) is 29.0 Å². The van der Waals surface area contributed by atoms with E-state index in [2.05, 4.69) is 4.98 Å². The standard InChI is InChI=1S/C19H13Cl2N3O3/c20-11-7-12(21)9-13(8-11)24-4-2-17-15(19(24)27)10-14-16(22-17)1-3-23(5-6-25)18(14)26/h1-4,7-10,25H,5-6H2. The molecule has 0 aliphatic carbocycles. The number of aromatic nitrogens is 3. The highest BCUT2D eigenvalue weighted by molar-refractivity contribution is 6.34. The lowest BCUT2D eigenvalue weighted by Crippen LogP contribution is -2.22. The summed E-state index contributed by atoms with van der Waals surface area (Å²) in [6.07, 6.45) is 3.17. The van der Waals surface area contributed by atoms with E-state index in [4.69, 9.17) is 28.3 Å². The fourth-order valence-corrected chi connectivity index (χ4v) is 3.54. The van der Waals surface area contributed by atoms with Crippen molar-refractivity contribution in [1.29, 1.82) is 0 Å². The molecule has 0 bridgehead atoms. The number of hydrogen-bond donors (Lipinski definition) is 1. The molecular formula is C19H13Cl2N3O3. The summed E-state index contributed by atoms with van der Waals surface area (Å²) in [5.74, 6) is 0. The van der Waals surface area contributed by atoms with Gasteiger partial charge in [0.2, 0.25) is 0 Å². The van der Waals surface area contributed by atoms with Crippen molar-refractivity contribution >= 4 is 45.0 Å². The Morgan fingerprint density at radius 1 is 0.889 bits per heavy atom. The molecule has 1 aromatic carbocycles. The monoisotopic (exact) mass is 401 g/mol. The Hall–Kier alpha value is -2.67. The molecule has 3 heterocycles. The van der Waals surface area contributed by atoms with Gasteiger partial charge in [-0.2, -0.15) is 0 Å². The second-order valence-electron chi connectivity index (χ2n) is 6.01. The second kappa shape index (κ2) is 6.81. The third kappa shape index (κ3) is 3.12. The van der Waals surface area contributed by atoms with Gasteiger partial charge in [-0.25, -0.2) is 4.98 Å². The van der Waals surface area contributed by atoms with E-state index in [0.29, 0.717) is 37.5 Å². The fraction of sp³-hybridized carbons (Fsp3) is 0.105. The molecule has 4 rings (SSSR count). The van der Waals surface area contributed by atoms with Gasteiger partial charge < -0.3 is 9.67 Å². The quantitative estimate of drug-likeness (QED) is 0.535. The van der Waals surface area contributed by atoms with E-state index in [0.717, 1.165) is 0 Å². The smallest absolute Gasteiger partial charge is 0.264 e. The number of pyridine rings is 3. The van der Waals surface area contributed by atoms with Crippen LogP contribution in [0.5, 0.6) is 0 Å².